The van der Waals surface area contributed by atoms with Crippen molar-refractivity contribution in [3.05, 3.63) is 63.6 Å². The number of aryl methyl sites for hydroxylation is 1. The second-order valence-corrected chi connectivity index (χ2v) is 8.72. The predicted octanol–water partition coefficient (Wildman–Crippen LogP) is 4.33. The molecule has 0 aliphatic heterocycles. The summed E-state index contributed by atoms with van der Waals surface area (Å²) in [6.45, 7) is 1.30. The van der Waals surface area contributed by atoms with Gasteiger partial charge in [0.05, 0.1) is 11.3 Å². The third kappa shape index (κ3) is 5.84. The second kappa shape index (κ2) is 7.79. The number of nitrogens with one attached hydrogen (secondary N) is 1. The highest BCUT2D eigenvalue weighted by Crippen LogP contribution is 2.33. The minimum atomic E-state index is -4.56. The van der Waals surface area contributed by atoms with Crippen molar-refractivity contribution in [3.8, 4) is 0 Å². The molecule has 0 unspecified atom stereocenters. The lowest BCUT2D eigenvalue weighted by molar-refractivity contribution is -0.138. The molecule has 0 saturated carbocycles. The minimum Gasteiger partial charge on any atom is -0.325 e. The maximum atomic E-state index is 12.9. The van der Waals surface area contributed by atoms with Crippen LogP contribution in [0, 0.1) is 6.92 Å². The Kier molecular flexibility index (Phi) is 6.13. The van der Waals surface area contributed by atoms with Crippen molar-refractivity contribution in [2.24, 2.45) is 0 Å². The molecule has 0 radical (unpaired) electrons. The van der Waals surface area contributed by atoms with Gasteiger partial charge in [-0.25, -0.2) is 8.42 Å². The van der Waals surface area contributed by atoms with Gasteiger partial charge in [0.25, 0.3) is 0 Å². The molecular weight excluding hydrogens is 435 g/mol. The normalized spacial score (nSPS) is 12.0. The van der Waals surface area contributed by atoms with Crippen LogP contribution in [0.4, 0.5) is 18.9 Å². The molecule has 1 amide bonds. The Labute approximate surface area is 157 Å². The van der Waals surface area contributed by atoms with E-state index >= 15 is 0 Å². The molecule has 0 heterocycles. The number of anilines is 1. The number of hydrogen-bond donors (Lipinski definition) is 1. The van der Waals surface area contributed by atoms with Crippen LogP contribution in [0.1, 0.15) is 16.7 Å². The molecule has 2 aromatic rings. The number of benzene rings is 2. The van der Waals surface area contributed by atoms with Gasteiger partial charge < -0.3 is 5.32 Å². The summed E-state index contributed by atoms with van der Waals surface area (Å²) in [5.74, 6) is -2.06. The first-order valence-corrected chi connectivity index (χ1v) is 10.0. The standard InChI is InChI=1S/C17H15BrF3NO3S/c1-11-5-6-14(8-15(11)17(19,20)21)22-16(23)10-26(24,25)9-12-3-2-4-13(18)7-12/h2-8H,9-10H2,1H3,(H,22,23). The summed E-state index contributed by atoms with van der Waals surface area (Å²) >= 11 is 3.23. The summed E-state index contributed by atoms with van der Waals surface area (Å²) in [6.07, 6.45) is -4.56. The van der Waals surface area contributed by atoms with E-state index in [0.29, 0.717) is 10.0 Å². The molecule has 2 rings (SSSR count). The van der Waals surface area contributed by atoms with E-state index in [9.17, 15) is 26.4 Å². The van der Waals surface area contributed by atoms with Crippen LogP contribution < -0.4 is 5.32 Å². The van der Waals surface area contributed by atoms with Gasteiger partial charge in [0, 0.05) is 10.2 Å². The first kappa shape index (κ1) is 20.4. The number of amides is 1. The molecule has 9 heteroatoms. The summed E-state index contributed by atoms with van der Waals surface area (Å²) in [6, 6.07) is 9.92. The number of alkyl halides is 3. The first-order valence-electron chi connectivity index (χ1n) is 7.39. The summed E-state index contributed by atoms with van der Waals surface area (Å²) in [4.78, 5) is 12.0. The highest BCUT2D eigenvalue weighted by atomic mass is 79.9. The van der Waals surface area contributed by atoms with Crippen molar-refractivity contribution in [2.45, 2.75) is 18.9 Å². The number of hydrogen-bond acceptors (Lipinski definition) is 3. The maximum Gasteiger partial charge on any atom is 0.416 e. The Balaban J connectivity index is 2.08. The quantitative estimate of drug-likeness (QED) is 0.738. The zero-order valence-corrected chi connectivity index (χ0v) is 16.0. The van der Waals surface area contributed by atoms with Gasteiger partial charge in [-0.15, -0.1) is 0 Å². The molecule has 0 atom stereocenters. The fourth-order valence-corrected chi connectivity index (χ4v) is 4.04. The molecule has 140 valence electrons. The Hall–Kier alpha value is -1.87. The minimum absolute atomic E-state index is 0.0118. The fourth-order valence-electron chi connectivity index (χ4n) is 2.33. The van der Waals surface area contributed by atoms with Gasteiger partial charge >= 0.3 is 6.18 Å². The fraction of sp³-hybridized carbons (Fsp3) is 0.235. The van der Waals surface area contributed by atoms with Gasteiger partial charge in [0.2, 0.25) is 5.91 Å². The lowest BCUT2D eigenvalue weighted by Gasteiger charge is -2.13. The molecule has 0 bridgehead atoms. The topological polar surface area (TPSA) is 63.2 Å². The van der Waals surface area contributed by atoms with Crippen molar-refractivity contribution in [3.63, 3.8) is 0 Å². The van der Waals surface area contributed by atoms with Crippen LogP contribution in [0.5, 0.6) is 0 Å². The summed E-state index contributed by atoms with van der Waals surface area (Å²) in [7, 11) is -3.77. The zero-order chi connectivity index (χ0) is 19.5. The van der Waals surface area contributed by atoms with E-state index < -0.39 is 33.2 Å². The van der Waals surface area contributed by atoms with Crippen LogP contribution in [0.15, 0.2) is 46.9 Å². The van der Waals surface area contributed by atoms with Gasteiger partial charge in [0.15, 0.2) is 9.84 Å². The van der Waals surface area contributed by atoms with Gasteiger partial charge in [-0.3, -0.25) is 4.79 Å². The Morgan fingerprint density at radius 2 is 1.85 bits per heavy atom. The molecule has 0 aliphatic rings. The summed E-state index contributed by atoms with van der Waals surface area (Å²) in [5.41, 5.74) is -0.475. The van der Waals surface area contributed by atoms with Crippen LogP contribution in [0.3, 0.4) is 0 Å². The summed E-state index contributed by atoms with van der Waals surface area (Å²) in [5, 5.41) is 2.21. The largest absolute Gasteiger partial charge is 0.416 e. The smallest absolute Gasteiger partial charge is 0.325 e. The van der Waals surface area contributed by atoms with E-state index in [4.69, 9.17) is 0 Å². The van der Waals surface area contributed by atoms with E-state index in [1.54, 1.807) is 24.3 Å². The lowest BCUT2D eigenvalue weighted by atomic mass is 10.1. The Bertz CT molecular complexity index is 927. The second-order valence-electron chi connectivity index (χ2n) is 5.74. The van der Waals surface area contributed by atoms with E-state index in [1.807, 2.05) is 0 Å². The number of halogens is 4. The molecule has 1 N–H and O–H groups in total. The molecule has 0 aliphatic carbocycles. The predicted molar refractivity (Wildman–Crippen MR) is 96.4 cm³/mol. The van der Waals surface area contributed by atoms with Crippen molar-refractivity contribution >= 4 is 37.4 Å². The molecule has 0 aromatic heterocycles. The van der Waals surface area contributed by atoms with Crippen LogP contribution in [0.25, 0.3) is 0 Å². The van der Waals surface area contributed by atoms with Crippen LogP contribution in [-0.4, -0.2) is 20.1 Å². The molecule has 2 aromatic carbocycles. The average Bonchev–Trinajstić information content (AvgIpc) is 2.46. The summed E-state index contributed by atoms with van der Waals surface area (Å²) < 4.78 is 63.7. The van der Waals surface area contributed by atoms with Crippen molar-refractivity contribution in [1.29, 1.82) is 0 Å². The van der Waals surface area contributed by atoms with Crippen LogP contribution in [0.2, 0.25) is 0 Å². The zero-order valence-electron chi connectivity index (χ0n) is 13.6. The van der Waals surface area contributed by atoms with E-state index in [1.165, 1.54) is 19.1 Å². The number of carbonyl (C=O) groups excluding carboxylic acids is 1. The SMILES string of the molecule is Cc1ccc(NC(=O)CS(=O)(=O)Cc2cccc(Br)c2)cc1C(F)(F)F. The number of rotatable bonds is 5. The van der Waals surface area contributed by atoms with Gasteiger partial charge in [-0.2, -0.15) is 13.2 Å². The van der Waals surface area contributed by atoms with Gasteiger partial charge in [-0.05, 0) is 42.3 Å². The third-order valence-corrected chi connectivity index (χ3v) is 5.42. The van der Waals surface area contributed by atoms with E-state index in [-0.39, 0.29) is 17.0 Å². The first-order chi connectivity index (χ1) is 12.0. The molecule has 4 nitrogen and oxygen atoms in total. The third-order valence-electron chi connectivity index (χ3n) is 3.45. The number of carbonyl (C=O) groups is 1. The van der Waals surface area contributed by atoms with Crippen molar-refractivity contribution in [1.82, 2.24) is 0 Å². The molecule has 0 fully saturated rings. The maximum absolute atomic E-state index is 12.9. The lowest BCUT2D eigenvalue weighted by Crippen LogP contribution is -2.24. The van der Waals surface area contributed by atoms with Gasteiger partial charge in [0.1, 0.15) is 5.75 Å². The Morgan fingerprint density at radius 1 is 1.15 bits per heavy atom. The van der Waals surface area contributed by atoms with Crippen LogP contribution in [-0.2, 0) is 26.6 Å². The van der Waals surface area contributed by atoms with Crippen molar-refractivity contribution < 1.29 is 26.4 Å². The average molecular weight is 450 g/mol. The van der Waals surface area contributed by atoms with Crippen molar-refractivity contribution in [2.75, 3.05) is 11.1 Å². The monoisotopic (exact) mass is 449 g/mol. The van der Waals surface area contributed by atoms with E-state index in [2.05, 4.69) is 21.2 Å². The highest BCUT2D eigenvalue weighted by Gasteiger charge is 2.32. The molecule has 26 heavy (non-hydrogen) atoms. The molecule has 0 saturated heterocycles. The van der Waals surface area contributed by atoms with Gasteiger partial charge in [-0.1, -0.05) is 34.1 Å². The highest BCUT2D eigenvalue weighted by molar-refractivity contribution is 9.10. The van der Waals surface area contributed by atoms with E-state index in [0.717, 1.165) is 6.07 Å². The van der Waals surface area contributed by atoms with Crippen LogP contribution >= 0.6 is 15.9 Å². The molecular formula is C17H15BrF3NO3S. The number of sulfone groups is 1. The molecule has 0 spiro atoms. The Morgan fingerprint density at radius 3 is 2.46 bits per heavy atom.